The lowest BCUT2D eigenvalue weighted by Gasteiger charge is -2.37. The van der Waals surface area contributed by atoms with Crippen molar-refractivity contribution in [2.24, 2.45) is 5.92 Å². The van der Waals surface area contributed by atoms with Gasteiger partial charge in [-0.2, -0.15) is 0 Å². The fourth-order valence-corrected chi connectivity index (χ4v) is 5.31. The fraction of sp³-hybridized carbons (Fsp3) is 0.727. The zero-order valence-corrected chi connectivity index (χ0v) is 26.4. The molecule has 2 N–H and O–H groups in total. The fourth-order valence-electron chi connectivity index (χ4n) is 5.31. The molecule has 1 fully saturated rings. The number of hydrogen-bond acceptors (Lipinski definition) is 4. The third-order valence-electron chi connectivity index (χ3n) is 8.05. The molecule has 0 radical (unpaired) electrons. The molecule has 0 spiro atoms. The van der Waals surface area contributed by atoms with Gasteiger partial charge in [0.2, 0.25) is 11.8 Å². The van der Waals surface area contributed by atoms with Crippen molar-refractivity contribution in [2.45, 2.75) is 143 Å². The number of alkyl carbamates (subject to hydrolysis) is 1. The van der Waals surface area contributed by atoms with Crippen LogP contribution in [0, 0.1) is 19.8 Å². The van der Waals surface area contributed by atoms with Gasteiger partial charge in [0.1, 0.15) is 17.7 Å². The van der Waals surface area contributed by atoms with E-state index in [0.29, 0.717) is 13.0 Å². The SMILES string of the molecule is CCCCCCN(C(=O)C(NC(=O)OC(C)(C)C)C(C)CC)C(C(=O)NC1CCCCC1)c1ccc(C)c(C)c1. The summed E-state index contributed by atoms with van der Waals surface area (Å²) in [6.07, 6.45) is 9.31. The Kier molecular flexibility index (Phi) is 13.5. The topological polar surface area (TPSA) is 87.7 Å². The Labute approximate surface area is 243 Å². The first-order valence-electron chi connectivity index (χ1n) is 15.5. The van der Waals surface area contributed by atoms with Gasteiger partial charge in [-0.1, -0.05) is 83.9 Å². The number of unbranched alkanes of at least 4 members (excludes halogenated alkanes) is 3. The first kappa shape index (κ1) is 33.6. The molecular formula is C33H55N3O4. The lowest BCUT2D eigenvalue weighted by Crippen LogP contribution is -2.56. The zero-order chi connectivity index (χ0) is 29.9. The predicted molar refractivity (Wildman–Crippen MR) is 162 cm³/mol. The van der Waals surface area contributed by atoms with Crippen molar-refractivity contribution in [1.82, 2.24) is 15.5 Å². The van der Waals surface area contributed by atoms with Crippen LogP contribution in [-0.2, 0) is 14.3 Å². The highest BCUT2D eigenvalue weighted by atomic mass is 16.6. The van der Waals surface area contributed by atoms with Gasteiger partial charge in [-0.25, -0.2) is 4.79 Å². The molecule has 1 aliphatic rings. The largest absolute Gasteiger partial charge is 0.444 e. The van der Waals surface area contributed by atoms with Gasteiger partial charge >= 0.3 is 6.09 Å². The lowest BCUT2D eigenvalue weighted by molar-refractivity contribution is -0.144. The number of nitrogens with one attached hydrogen (secondary N) is 2. The first-order valence-corrected chi connectivity index (χ1v) is 15.5. The molecular weight excluding hydrogens is 502 g/mol. The molecule has 2 rings (SSSR count). The van der Waals surface area contributed by atoms with Crippen molar-refractivity contribution in [1.29, 1.82) is 0 Å². The van der Waals surface area contributed by atoms with Crippen LogP contribution in [0.4, 0.5) is 4.79 Å². The minimum Gasteiger partial charge on any atom is -0.444 e. The van der Waals surface area contributed by atoms with E-state index >= 15 is 0 Å². The molecule has 7 heteroatoms. The third-order valence-corrected chi connectivity index (χ3v) is 8.05. The molecule has 3 unspecified atom stereocenters. The normalized spacial score (nSPS) is 16.5. The van der Waals surface area contributed by atoms with E-state index in [0.717, 1.165) is 68.1 Å². The van der Waals surface area contributed by atoms with E-state index in [-0.39, 0.29) is 23.8 Å². The number of carbonyl (C=O) groups is 3. The highest BCUT2D eigenvalue weighted by molar-refractivity contribution is 5.92. The summed E-state index contributed by atoms with van der Waals surface area (Å²) in [5.41, 5.74) is 2.34. The van der Waals surface area contributed by atoms with Crippen molar-refractivity contribution in [2.75, 3.05) is 6.54 Å². The van der Waals surface area contributed by atoms with E-state index in [9.17, 15) is 14.4 Å². The van der Waals surface area contributed by atoms with Gasteiger partial charge in [-0.3, -0.25) is 9.59 Å². The summed E-state index contributed by atoms with van der Waals surface area (Å²) in [4.78, 5) is 43.1. The van der Waals surface area contributed by atoms with Crippen LogP contribution in [0.15, 0.2) is 18.2 Å². The summed E-state index contributed by atoms with van der Waals surface area (Å²) in [6.45, 7) is 16.1. The van der Waals surface area contributed by atoms with Crippen LogP contribution in [0.3, 0.4) is 0 Å². The Morgan fingerprint density at radius 1 is 1.00 bits per heavy atom. The average Bonchev–Trinajstić information content (AvgIpc) is 2.89. The molecule has 0 bridgehead atoms. The summed E-state index contributed by atoms with van der Waals surface area (Å²) in [6, 6.07) is 4.57. The highest BCUT2D eigenvalue weighted by Crippen LogP contribution is 2.28. The maximum atomic E-state index is 14.4. The van der Waals surface area contributed by atoms with Crippen molar-refractivity contribution in [3.05, 3.63) is 34.9 Å². The molecule has 7 nitrogen and oxygen atoms in total. The molecule has 1 aromatic carbocycles. The number of benzene rings is 1. The average molecular weight is 558 g/mol. The standard InChI is InChI=1S/C33H55N3O4/c1-9-11-12-16-21-36(31(38)28(23(3)10-2)35-32(39)40-33(6,7)8)29(26-20-19-24(4)25(5)22-26)30(37)34-27-17-14-13-15-18-27/h19-20,22-23,27-29H,9-18,21H2,1-8H3,(H,34,37)(H,35,39). The first-order chi connectivity index (χ1) is 18.9. The summed E-state index contributed by atoms with van der Waals surface area (Å²) >= 11 is 0. The molecule has 1 saturated carbocycles. The second-order valence-corrected chi connectivity index (χ2v) is 12.7. The second kappa shape index (κ2) is 16.0. The van der Waals surface area contributed by atoms with Crippen LogP contribution in [0.1, 0.15) is 128 Å². The second-order valence-electron chi connectivity index (χ2n) is 12.7. The summed E-state index contributed by atoms with van der Waals surface area (Å²) in [5, 5.41) is 6.17. The van der Waals surface area contributed by atoms with Gasteiger partial charge in [0.15, 0.2) is 0 Å². The summed E-state index contributed by atoms with van der Waals surface area (Å²) in [7, 11) is 0. The number of rotatable bonds is 13. The Morgan fingerprint density at radius 3 is 2.25 bits per heavy atom. The van der Waals surface area contributed by atoms with Gasteiger partial charge in [0, 0.05) is 12.6 Å². The van der Waals surface area contributed by atoms with Crippen LogP contribution < -0.4 is 10.6 Å². The van der Waals surface area contributed by atoms with E-state index in [4.69, 9.17) is 4.74 Å². The number of aryl methyl sites for hydroxylation is 2. The molecule has 3 amide bonds. The number of ether oxygens (including phenoxy) is 1. The minimum absolute atomic E-state index is 0.123. The molecule has 0 aliphatic heterocycles. The van der Waals surface area contributed by atoms with Crippen LogP contribution in [0.5, 0.6) is 0 Å². The molecule has 3 atom stereocenters. The lowest BCUT2D eigenvalue weighted by atomic mass is 9.93. The van der Waals surface area contributed by atoms with E-state index in [1.54, 1.807) is 25.7 Å². The smallest absolute Gasteiger partial charge is 0.408 e. The monoisotopic (exact) mass is 557 g/mol. The molecule has 1 aromatic rings. The Bertz CT molecular complexity index is 965. The number of amides is 3. The van der Waals surface area contributed by atoms with Gasteiger partial charge in [-0.05, 0) is 76.5 Å². The quantitative estimate of drug-likeness (QED) is 0.252. The van der Waals surface area contributed by atoms with E-state index in [1.807, 2.05) is 45.9 Å². The number of carbonyl (C=O) groups excluding carboxylic acids is 3. The van der Waals surface area contributed by atoms with Gasteiger partial charge in [-0.15, -0.1) is 0 Å². The number of nitrogens with zero attached hydrogens (tertiary/aromatic N) is 1. The van der Waals surface area contributed by atoms with E-state index in [1.165, 1.54) is 6.42 Å². The predicted octanol–water partition coefficient (Wildman–Crippen LogP) is 7.14. The molecule has 0 aromatic heterocycles. The maximum absolute atomic E-state index is 14.4. The molecule has 226 valence electrons. The molecule has 40 heavy (non-hydrogen) atoms. The zero-order valence-electron chi connectivity index (χ0n) is 26.4. The molecule has 0 heterocycles. The van der Waals surface area contributed by atoms with Crippen molar-refractivity contribution >= 4 is 17.9 Å². The van der Waals surface area contributed by atoms with Gasteiger partial charge in [0.05, 0.1) is 0 Å². The Hall–Kier alpha value is -2.57. The summed E-state index contributed by atoms with van der Waals surface area (Å²) in [5.74, 6) is -0.516. The van der Waals surface area contributed by atoms with Crippen molar-refractivity contribution in [3.8, 4) is 0 Å². The Balaban J connectivity index is 2.52. The molecule has 1 aliphatic carbocycles. The Morgan fingerprint density at radius 2 is 1.68 bits per heavy atom. The van der Waals surface area contributed by atoms with Crippen molar-refractivity contribution < 1.29 is 19.1 Å². The van der Waals surface area contributed by atoms with E-state index in [2.05, 4.69) is 17.6 Å². The van der Waals surface area contributed by atoms with Crippen molar-refractivity contribution in [3.63, 3.8) is 0 Å². The third kappa shape index (κ3) is 10.4. The number of hydrogen-bond donors (Lipinski definition) is 2. The van der Waals surface area contributed by atoms with Gasteiger partial charge < -0.3 is 20.3 Å². The minimum atomic E-state index is -0.803. The highest BCUT2D eigenvalue weighted by Gasteiger charge is 2.38. The van der Waals surface area contributed by atoms with E-state index < -0.39 is 23.8 Å². The van der Waals surface area contributed by atoms with Gasteiger partial charge in [0.25, 0.3) is 0 Å². The summed E-state index contributed by atoms with van der Waals surface area (Å²) < 4.78 is 5.53. The van der Waals surface area contributed by atoms with Crippen LogP contribution >= 0.6 is 0 Å². The molecule has 0 saturated heterocycles. The van der Waals surface area contributed by atoms with Crippen LogP contribution in [0.2, 0.25) is 0 Å². The van der Waals surface area contributed by atoms with Crippen LogP contribution in [0.25, 0.3) is 0 Å². The van der Waals surface area contributed by atoms with Crippen LogP contribution in [-0.4, -0.2) is 47.0 Å². The maximum Gasteiger partial charge on any atom is 0.408 e.